The highest BCUT2D eigenvalue weighted by Gasteiger charge is 2.10. The second-order valence-electron chi connectivity index (χ2n) is 6.54. The summed E-state index contributed by atoms with van der Waals surface area (Å²) in [5.41, 5.74) is 3.31. The Morgan fingerprint density at radius 3 is 2.45 bits per heavy atom. The first-order chi connectivity index (χ1) is 14.2. The minimum Gasteiger partial charge on any atom is -0.489 e. The van der Waals surface area contributed by atoms with Gasteiger partial charge < -0.3 is 15.4 Å². The Bertz CT molecular complexity index is 971. The molecule has 2 N–H and O–H groups in total. The Balaban J connectivity index is 1.53. The maximum atomic E-state index is 12.4. The summed E-state index contributed by atoms with van der Waals surface area (Å²) >= 11 is 0. The van der Waals surface area contributed by atoms with Gasteiger partial charge in [-0.2, -0.15) is 0 Å². The number of anilines is 1. The molecular formula is C24H24N2O3. The van der Waals surface area contributed by atoms with Gasteiger partial charge in [-0.05, 0) is 41.8 Å². The van der Waals surface area contributed by atoms with E-state index in [0.717, 1.165) is 23.2 Å². The van der Waals surface area contributed by atoms with E-state index in [2.05, 4.69) is 10.6 Å². The molecular weight excluding hydrogens is 364 g/mol. The van der Waals surface area contributed by atoms with Crippen molar-refractivity contribution in [2.75, 3.05) is 11.9 Å². The monoisotopic (exact) mass is 388 g/mol. The summed E-state index contributed by atoms with van der Waals surface area (Å²) in [5, 5.41) is 5.49. The quantitative estimate of drug-likeness (QED) is 0.608. The standard InChI is InChI=1S/C24H24N2O3/c1-2-19-11-6-7-14-22(19)26-23(27)16-25-24(28)20-12-8-13-21(15-20)29-17-18-9-4-3-5-10-18/h3-15H,2,16-17H2,1H3,(H,25,28)(H,26,27). The number of carbonyl (C=O) groups is 2. The van der Waals surface area contributed by atoms with Gasteiger partial charge >= 0.3 is 0 Å². The molecule has 0 spiro atoms. The van der Waals surface area contributed by atoms with Crippen LogP contribution in [0.15, 0.2) is 78.9 Å². The second kappa shape index (κ2) is 10.1. The van der Waals surface area contributed by atoms with Crippen molar-refractivity contribution in [1.29, 1.82) is 0 Å². The van der Waals surface area contributed by atoms with E-state index >= 15 is 0 Å². The van der Waals surface area contributed by atoms with Crippen LogP contribution in [-0.2, 0) is 17.8 Å². The molecule has 5 heteroatoms. The molecule has 3 aromatic carbocycles. The first kappa shape index (κ1) is 20.1. The summed E-state index contributed by atoms with van der Waals surface area (Å²) in [7, 11) is 0. The third-order valence-corrected chi connectivity index (χ3v) is 4.43. The summed E-state index contributed by atoms with van der Waals surface area (Å²) in [4.78, 5) is 24.6. The zero-order chi connectivity index (χ0) is 20.5. The van der Waals surface area contributed by atoms with Crippen LogP contribution in [0.3, 0.4) is 0 Å². The molecule has 5 nitrogen and oxygen atoms in total. The van der Waals surface area contributed by atoms with Gasteiger partial charge in [0.05, 0.1) is 6.54 Å². The number of amides is 2. The molecule has 29 heavy (non-hydrogen) atoms. The highest BCUT2D eigenvalue weighted by molar-refractivity contribution is 5.99. The highest BCUT2D eigenvalue weighted by atomic mass is 16.5. The predicted molar refractivity (Wildman–Crippen MR) is 114 cm³/mol. The molecule has 0 fully saturated rings. The van der Waals surface area contributed by atoms with Crippen LogP contribution in [0.5, 0.6) is 5.75 Å². The van der Waals surface area contributed by atoms with Gasteiger partial charge in [0, 0.05) is 11.3 Å². The lowest BCUT2D eigenvalue weighted by Crippen LogP contribution is -2.33. The van der Waals surface area contributed by atoms with Crippen LogP contribution in [0.25, 0.3) is 0 Å². The van der Waals surface area contributed by atoms with E-state index in [9.17, 15) is 9.59 Å². The highest BCUT2D eigenvalue weighted by Crippen LogP contribution is 2.16. The molecule has 0 aliphatic heterocycles. The van der Waals surface area contributed by atoms with E-state index in [-0.39, 0.29) is 18.4 Å². The van der Waals surface area contributed by atoms with Crippen LogP contribution >= 0.6 is 0 Å². The van der Waals surface area contributed by atoms with Gasteiger partial charge in [0.1, 0.15) is 12.4 Å². The maximum Gasteiger partial charge on any atom is 0.251 e. The van der Waals surface area contributed by atoms with Crippen LogP contribution in [0.4, 0.5) is 5.69 Å². The zero-order valence-corrected chi connectivity index (χ0v) is 16.4. The van der Waals surface area contributed by atoms with Gasteiger partial charge in [0.15, 0.2) is 0 Å². The molecule has 3 aromatic rings. The number of nitrogens with one attached hydrogen (secondary N) is 2. The van der Waals surface area contributed by atoms with Gasteiger partial charge in [-0.3, -0.25) is 9.59 Å². The number of hydrogen-bond donors (Lipinski definition) is 2. The molecule has 0 saturated carbocycles. The molecule has 3 rings (SSSR count). The lowest BCUT2D eigenvalue weighted by molar-refractivity contribution is -0.115. The summed E-state index contributed by atoms with van der Waals surface area (Å²) in [6.07, 6.45) is 0.818. The van der Waals surface area contributed by atoms with Crippen LogP contribution in [0.2, 0.25) is 0 Å². The number of carbonyl (C=O) groups excluding carboxylic acids is 2. The number of ether oxygens (including phenoxy) is 1. The molecule has 0 unspecified atom stereocenters. The SMILES string of the molecule is CCc1ccccc1NC(=O)CNC(=O)c1cccc(OCc2ccccc2)c1. The normalized spacial score (nSPS) is 10.2. The fraction of sp³-hybridized carbons (Fsp3) is 0.167. The molecule has 0 atom stereocenters. The zero-order valence-electron chi connectivity index (χ0n) is 16.4. The first-order valence-electron chi connectivity index (χ1n) is 9.58. The van der Waals surface area contributed by atoms with E-state index in [0.29, 0.717) is 17.9 Å². The number of hydrogen-bond acceptors (Lipinski definition) is 3. The Morgan fingerprint density at radius 2 is 1.66 bits per heavy atom. The summed E-state index contributed by atoms with van der Waals surface area (Å²) in [5.74, 6) is 0.00708. The summed E-state index contributed by atoms with van der Waals surface area (Å²) in [6.45, 7) is 2.34. The molecule has 0 bridgehead atoms. The van der Waals surface area contributed by atoms with Crippen molar-refractivity contribution in [2.24, 2.45) is 0 Å². The minimum absolute atomic E-state index is 0.105. The molecule has 0 aliphatic rings. The van der Waals surface area contributed by atoms with E-state index < -0.39 is 0 Å². The molecule has 0 heterocycles. The summed E-state index contributed by atoms with van der Waals surface area (Å²) < 4.78 is 5.75. The molecule has 0 aliphatic carbocycles. The number of aryl methyl sites for hydroxylation is 1. The van der Waals surface area contributed by atoms with Crippen molar-refractivity contribution in [3.8, 4) is 5.75 Å². The van der Waals surface area contributed by atoms with Crippen molar-refractivity contribution < 1.29 is 14.3 Å². The van der Waals surface area contributed by atoms with Crippen molar-refractivity contribution in [3.63, 3.8) is 0 Å². The third kappa shape index (κ3) is 5.94. The number of para-hydroxylation sites is 1. The molecule has 0 aromatic heterocycles. The van der Waals surface area contributed by atoms with Gasteiger partial charge in [-0.1, -0.05) is 61.5 Å². The summed E-state index contributed by atoms with van der Waals surface area (Å²) in [6, 6.07) is 24.3. The van der Waals surface area contributed by atoms with Crippen molar-refractivity contribution in [3.05, 3.63) is 95.6 Å². The Morgan fingerprint density at radius 1 is 0.897 bits per heavy atom. The fourth-order valence-electron chi connectivity index (χ4n) is 2.88. The topological polar surface area (TPSA) is 67.4 Å². The first-order valence-corrected chi connectivity index (χ1v) is 9.58. The average Bonchev–Trinajstić information content (AvgIpc) is 2.77. The molecule has 148 valence electrons. The predicted octanol–water partition coefficient (Wildman–Crippen LogP) is 4.20. The second-order valence-corrected chi connectivity index (χ2v) is 6.54. The number of benzene rings is 3. The van der Waals surface area contributed by atoms with Crippen molar-refractivity contribution >= 4 is 17.5 Å². The lowest BCUT2D eigenvalue weighted by atomic mass is 10.1. The third-order valence-electron chi connectivity index (χ3n) is 4.43. The van der Waals surface area contributed by atoms with Crippen LogP contribution in [-0.4, -0.2) is 18.4 Å². The van der Waals surface area contributed by atoms with Gasteiger partial charge in [0.2, 0.25) is 5.91 Å². The maximum absolute atomic E-state index is 12.4. The Labute approximate surface area is 170 Å². The minimum atomic E-state index is -0.325. The average molecular weight is 388 g/mol. The molecule has 0 saturated heterocycles. The van der Waals surface area contributed by atoms with E-state index in [1.54, 1.807) is 24.3 Å². The van der Waals surface area contributed by atoms with Gasteiger partial charge in [0.25, 0.3) is 5.91 Å². The Kier molecular flexibility index (Phi) is 7.00. The van der Waals surface area contributed by atoms with E-state index in [4.69, 9.17) is 4.74 Å². The fourth-order valence-corrected chi connectivity index (χ4v) is 2.88. The smallest absolute Gasteiger partial charge is 0.251 e. The van der Waals surface area contributed by atoms with Crippen molar-refractivity contribution in [2.45, 2.75) is 20.0 Å². The van der Waals surface area contributed by atoms with Crippen LogP contribution < -0.4 is 15.4 Å². The van der Waals surface area contributed by atoms with Gasteiger partial charge in [-0.25, -0.2) is 0 Å². The molecule has 0 radical (unpaired) electrons. The largest absolute Gasteiger partial charge is 0.489 e. The van der Waals surface area contributed by atoms with Gasteiger partial charge in [-0.15, -0.1) is 0 Å². The van der Waals surface area contributed by atoms with Crippen molar-refractivity contribution in [1.82, 2.24) is 5.32 Å². The van der Waals surface area contributed by atoms with E-state index in [1.807, 2.05) is 61.5 Å². The number of rotatable bonds is 8. The lowest BCUT2D eigenvalue weighted by Gasteiger charge is -2.11. The Hall–Kier alpha value is -3.60. The van der Waals surface area contributed by atoms with E-state index in [1.165, 1.54) is 0 Å². The molecule has 2 amide bonds. The van der Waals surface area contributed by atoms with Crippen LogP contribution in [0, 0.1) is 0 Å². The van der Waals surface area contributed by atoms with Crippen LogP contribution in [0.1, 0.15) is 28.4 Å².